The van der Waals surface area contributed by atoms with E-state index in [0.717, 1.165) is 6.42 Å². The minimum atomic E-state index is -0.410. The Morgan fingerprint density at radius 2 is 1.17 bits per heavy atom. The molecule has 6 atom stereocenters. The minimum Gasteiger partial charge on any atom is -0.279 e. The summed E-state index contributed by atoms with van der Waals surface area (Å²) in [4.78, 5) is 0. The fourth-order valence-corrected chi connectivity index (χ4v) is 12.1. The third-order valence-corrected chi connectivity index (χ3v) is 14.8. The van der Waals surface area contributed by atoms with Gasteiger partial charge in [0.15, 0.2) is 0 Å². The molecule has 3 nitrogen and oxygen atoms in total. The molecule has 6 unspecified atom stereocenters. The van der Waals surface area contributed by atoms with Crippen LogP contribution in [-0.2, 0) is 5.41 Å². The zero-order valence-corrected chi connectivity index (χ0v) is 35.0. The van der Waals surface area contributed by atoms with Gasteiger partial charge >= 0.3 is 0 Å². The van der Waals surface area contributed by atoms with E-state index in [0.29, 0.717) is 5.92 Å². The van der Waals surface area contributed by atoms with Gasteiger partial charge in [0.05, 0.1) is 23.9 Å². The number of allylic oxidation sites excluding steroid dienone is 10. The van der Waals surface area contributed by atoms with Crippen LogP contribution >= 0.6 is 0 Å². The zero-order chi connectivity index (χ0) is 41.5. The molecule has 0 amide bonds. The van der Waals surface area contributed by atoms with Crippen molar-refractivity contribution in [3.8, 4) is 22.3 Å². The van der Waals surface area contributed by atoms with Gasteiger partial charge in [-0.1, -0.05) is 212 Å². The average Bonchev–Trinajstić information content (AvgIpc) is 3.82. The summed E-state index contributed by atoms with van der Waals surface area (Å²) in [5.41, 5.74) is 18.6. The highest BCUT2D eigenvalue weighted by Crippen LogP contribution is 2.67. The summed E-state index contributed by atoms with van der Waals surface area (Å²) in [6.07, 6.45) is 22.2. The van der Waals surface area contributed by atoms with Gasteiger partial charge < -0.3 is 0 Å². The molecule has 63 heavy (non-hydrogen) atoms. The van der Waals surface area contributed by atoms with Crippen LogP contribution < -0.4 is 16.0 Å². The Morgan fingerprint density at radius 1 is 0.476 bits per heavy atom. The second-order valence-corrected chi connectivity index (χ2v) is 17.9. The second kappa shape index (κ2) is 14.6. The van der Waals surface area contributed by atoms with Crippen LogP contribution in [0.15, 0.2) is 235 Å². The highest BCUT2D eigenvalue weighted by atomic mass is 15.4. The zero-order valence-electron chi connectivity index (χ0n) is 35.0. The third kappa shape index (κ3) is 5.57. The molecule has 7 aromatic carbocycles. The summed E-state index contributed by atoms with van der Waals surface area (Å²) < 4.78 is 0. The van der Waals surface area contributed by atoms with Gasteiger partial charge in [0.1, 0.15) is 0 Å². The number of hydrogen-bond donors (Lipinski definition) is 3. The minimum absolute atomic E-state index is 0.0301. The Bertz CT molecular complexity index is 3100. The highest BCUT2D eigenvalue weighted by Gasteiger charge is 2.56. The van der Waals surface area contributed by atoms with E-state index in [1.165, 1.54) is 88.7 Å². The molecule has 6 aliphatic rings. The summed E-state index contributed by atoms with van der Waals surface area (Å²) >= 11 is 0. The number of rotatable bonds is 5. The van der Waals surface area contributed by atoms with Crippen LogP contribution in [0.5, 0.6) is 0 Å². The molecule has 5 aliphatic carbocycles. The van der Waals surface area contributed by atoms with E-state index in [-0.39, 0.29) is 30.3 Å². The molecule has 7 aromatic rings. The standard InChI is InChI=1S/C60H47N3/c1-4-18-38(19-5-1)55-44-25-11-10-24-41(44)37-54-56(55)50-33-32-42(36-53(50)60(54)51-30-16-14-28-47(51)48-29-15-17-31-52(48)60)43-34-35-49(46-27-13-12-26-45(43)46)59-62-57(39-20-6-2-7-21-39)61-58(63-59)40-22-8-3-9-23-40/h1-28,30-37,43,45,48,57-59,61-63H,29H2. The lowest BCUT2D eigenvalue weighted by Crippen LogP contribution is -2.59. The van der Waals surface area contributed by atoms with Crippen molar-refractivity contribution in [3.63, 3.8) is 0 Å². The van der Waals surface area contributed by atoms with Crippen LogP contribution in [0.25, 0.3) is 33.0 Å². The second-order valence-electron chi connectivity index (χ2n) is 17.9. The Labute approximate surface area is 369 Å². The van der Waals surface area contributed by atoms with Crippen molar-refractivity contribution in [2.45, 2.75) is 42.2 Å². The van der Waals surface area contributed by atoms with Gasteiger partial charge in [0.2, 0.25) is 0 Å². The van der Waals surface area contributed by atoms with Gasteiger partial charge in [0, 0.05) is 17.8 Å². The van der Waals surface area contributed by atoms with Gasteiger partial charge in [-0.05, 0) is 101 Å². The quantitative estimate of drug-likeness (QED) is 0.162. The molecule has 1 spiro atoms. The van der Waals surface area contributed by atoms with Crippen LogP contribution in [0.4, 0.5) is 0 Å². The average molecular weight is 810 g/mol. The molecule has 0 saturated carbocycles. The highest BCUT2D eigenvalue weighted by molar-refractivity contribution is 6.09. The third-order valence-electron chi connectivity index (χ3n) is 14.8. The van der Waals surface area contributed by atoms with E-state index in [9.17, 15) is 0 Å². The largest absolute Gasteiger partial charge is 0.279 e. The molecule has 1 heterocycles. The lowest BCUT2D eigenvalue weighted by Gasteiger charge is -2.42. The number of benzene rings is 7. The lowest BCUT2D eigenvalue weighted by molar-refractivity contribution is 0.223. The van der Waals surface area contributed by atoms with E-state index in [4.69, 9.17) is 0 Å². The number of nitrogens with one attached hydrogen (secondary N) is 3. The molecule has 3 N–H and O–H groups in total. The molecule has 1 saturated heterocycles. The molecule has 1 aliphatic heterocycles. The van der Waals surface area contributed by atoms with E-state index in [2.05, 4.69) is 234 Å². The maximum Gasteiger partial charge on any atom is 0.0867 e. The van der Waals surface area contributed by atoms with Crippen LogP contribution in [0.3, 0.4) is 0 Å². The predicted octanol–water partition coefficient (Wildman–Crippen LogP) is 13.0. The Morgan fingerprint density at radius 3 is 1.97 bits per heavy atom. The van der Waals surface area contributed by atoms with Crippen molar-refractivity contribution in [2.24, 2.45) is 5.92 Å². The summed E-state index contributed by atoms with van der Waals surface area (Å²) in [5.74, 6) is 0.676. The smallest absolute Gasteiger partial charge is 0.0867 e. The van der Waals surface area contributed by atoms with Crippen molar-refractivity contribution in [2.75, 3.05) is 0 Å². The molecule has 1 fully saturated rings. The maximum atomic E-state index is 3.97. The lowest BCUT2D eigenvalue weighted by atomic mass is 9.67. The van der Waals surface area contributed by atoms with Gasteiger partial charge in [-0.2, -0.15) is 0 Å². The number of hydrogen-bond acceptors (Lipinski definition) is 3. The van der Waals surface area contributed by atoms with Crippen LogP contribution in [0.2, 0.25) is 0 Å². The van der Waals surface area contributed by atoms with Gasteiger partial charge in [-0.15, -0.1) is 0 Å². The van der Waals surface area contributed by atoms with Crippen LogP contribution in [-0.4, -0.2) is 6.17 Å². The SMILES string of the molecule is C1=CCC2C(=C1)C1(c3cc(C4C=CC(C5NC(c6ccccc6)NC(c6ccccc6)N5)=C5C=CC=CC54)ccc3-c3c1cc1ccccc1c3-c1ccccc1)c1ccccc12. The fourth-order valence-electron chi connectivity index (χ4n) is 12.1. The fraction of sp³-hybridized carbons (Fsp3) is 0.133. The van der Waals surface area contributed by atoms with E-state index in [1.54, 1.807) is 0 Å². The predicted molar refractivity (Wildman–Crippen MR) is 258 cm³/mol. The van der Waals surface area contributed by atoms with Crippen LogP contribution in [0.1, 0.15) is 69.5 Å². The number of fused-ring (bicyclic) bond motifs is 12. The maximum absolute atomic E-state index is 3.97. The molecular formula is C60H47N3. The summed E-state index contributed by atoms with van der Waals surface area (Å²) in [5, 5.41) is 14.4. The Balaban J connectivity index is 0.979. The first-order valence-electron chi connectivity index (χ1n) is 22.6. The molecule has 0 aromatic heterocycles. The van der Waals surface area contributed by atoms with E-state index in [1.807, 2.05) is 0 Å². The molecule has 302 valence electrons. The van der Waals surface area contributed by atoms with Crippen LogP contribution in [0, 0.1) is 5.92 Å². The molecule has 13 rings (SSSR count). The van der Waals surface area contributed by atoms with Crippen molar-refractivity contribution >= 4 is 10.8 Å². The van der Waals surface area contributed by atoms with E-state index < -0.39 is 5.41 Å². The monoisotopic (exact) mass is 809 g/mol. The normalized spacial score (nSPS) is 26.0. The van der Waals surface area contributed by atoms with Crippen molar-refractivity contribution < 1.29 is 0 Å². The Hall–Kier alpha value is -6.88. The van der Waals surface area contributed by atoms with Gasteiger partial charge in [-0.25, -0.2) is 0 Å². The topological polar surface area (TPSA) is 36.1 Å². The van der Waals surface area contributed by atoms with Crippen molar-refractivity contribution in [3.05, 3.63) is 274 Å². The van der Waals surface area contributed by atoms with Crippen molar-refractivity contribution in [1.29, 1.82) is 0 Å². The summed E-state index contributed by atoms with van der Waals surface area (Å²) in [6.45, 7) is 0. The molecular weight excluding hydrogens is 763 g/mol. The first kappa shape index (κ1) is 36.7. The first-order valence-corrected chi connectivity index (χ1v) is 22.6. The molecule has 0 bridgehead atoms. The van der Waals surface area contributed by atoms with Gasteiger partial charge in [-0.3, -0.25) is 16.0 Å². The van der Waals surface area contributed by atoms with Crippen molar-refractivity contribution in [1.82, 2.24) is 16.0 Å². The Kier molecular flexibility index (Phi) is 8.52. The molecule has 0 radical (unpaired) electrons. The van der Waals surface area contributed by atoms with Gasteiger partial charge in [0.25, 0.3) is 0 Å². The van der Waals surface area contributed by atoms with E-state index >= 15 is 0 Å². The first-order chi connectivity index (χ1) is 31.3. The summed E-state index contributed by atoms with van der Waals surface area (Å²) in [7, 11) is 0. The molecule has 3 heteroatoms. The summed E-state index contributed by atoms with van der Waals surface area (Å²) in [6, 6.07) is 61.1.